The molecule has 0 aliphatic heterocycles. The lowest BCUT2D eigenvalue weighted by molar-refractivity contribution is 0.565. The van der Waals surface area contributed by atoms with E-state index in [2.05, 4.69) is 0 Å². The number of benzene rings is 1. The van der Waals surface area contributed by atoms with Gasteiger partial charge in [0.05, 0.1) is 5.25 Å². The van der Waals surface area contributed by atoms with Crippen LogP contribution in [0.25, 0.3) is 0 Å². The van der Waals surface area contributed by atoms with Crippen LogP contribution in [0.1, 0.15) is 15.7 Å². The molecule has 96 valence electrons. The van der Waals surface area contributed by atoms with E-state index in [1.54, 1.807) is 11.3 Å². The van der Waals surface area contributed by atoms with Crippen molar-refractivity contribution in [1.29, 1.82) is 0 Å². The quantitative estimate of drug-likeness (QED) is 0.855. The van der Waals surface area contributed by atoms with E-state index in [1.165, 1.54) is 23.9 Å². The molecule has 2 N–H and O–H groups in total. The summed E-state index contributed by atoms with van der Waals surface area (Å²) >= 11 is 2.95. The third-order valence-corrected chi connectivity index (χ3v) is 5.15. The predicted molar refractivity (Wildman–Crippen MR) is 73.1 cm³/mol. The highest BCUT2D eigenvalue weighted by Crippen LogP contribution is 2.39. The predicted octanol–water partition coefficient (Wildman–Crippen LogP) is 4.13. The molecule has 0 spiro atoms. The van der Waals surface area contributed by atoms with Gasteiger partial charge in [0, 0.05) is 22.4 Å². The van der Waals surface area contributed by atoms with Crippen LogP contribution in [0, 0.1) is 18.6 Å². The summed E-state index contributed by atoms with van der Waals surface area (Å²) in [6.45, 7) is 2.43. The Bertz CT molecular complexity index is 540. The van der Waals surface area contributed by atoms with Crippen molar-refractivity contribution in [3.63, 3.8) is 0 Å². The molecule has 0 radical (unpaired) electrons. The number of hydrogen-bond donors (Lipinski definition) is 1. The first-order chi connectivity index (χ1) is 8.61. The Morgan fingerprint density at radius 3 is 2.67 bits per heavy atom. The van der Waals surface area contributed by atoms with Crippen molar-refractivity contribution in [2.24, 2.45) is 5.73 Å². The molecule has 1 aromatic heterocycles. The molecule has 0 amide bonds. The van der Waals surface area contributed by atoms with Gasteiger partial charge in [0.15, 0.2) is 0 Å². The highest BCUT2D eigenvalue weighted by atomic mass is 32.2. The van der Waals surface area contributed by atoms with Crippen LogP contribution in [-0.4, -0.2) is 6.54 Å². The van der Waals surface area contributed by atoms with E-state index in [0.717, 1.165) is 16.5 Å². The first-order valence-electron chi connectivity index (χ1n) is 5.47. The van der Waals surface area contributed by atoms with Gasteiger partial charge in [0.25, 0.3) is 0 Å². The minimum absolute atomic E-state index is 0.00459. The minimum atomic E-state index is -0.562. The van der Waals surface area contributed by atoms with E-state index in [9.17, 15) is 8.78 Å². The molecule has 1 aromatic carbocycles. The fraction of sp³-hybridized carbons (Fsp3) is 0.231. The SMILES string of the molecule is Cc1ccsc1C(CN)Sc1ccc(F)cc1F. The van der Waals surface area contributed by atoms with Crippen molar-refractivity contribution in [1.82, 2.24) is 0 Å². The Morgan fingerprint density at radius 2 is 2.11 bits per heavy atom. The zero-order valence-electron chi connectivity index (χ0n) is 9.82. The van der Waals surface area contributed by atoms with Gasteiger partial charge >= 0.3 is 0 Å². The van der Waals surface area contributed by atoms with Gasteiger partial charge in [0.2, 0.25) is 0 Å². The molecule has 0 bridgehead atoms. The standard InChI is InChI=1S/C13H13F2NS2/c1-8-4-5-17-13(8)12(7-16)18-11-3-2-9(14)6-10(11)15/h2-6,12H,7,16H2,1H3. The summed E-state index contributed by atoms with van der Waals surface area (Å²) in [6, 6.07) is 5.64. The van der Waals surface area contributed by atoms with Gasteiger partial charge in [-0.1, -0.05) is 0 Å². The summed E-state index contributed by atoms with van der Waals surface area (Å²) in [5.74, 6) is -1.10. The van der Waals surface area contributed by atoms with Crippen LogP contribution in [-0.2, 0) is 0 Å². The molecule has 0 aliphatic rings. The Hall–Kier alpha value is -0.910. The Balaban J connectivity index is 2.23. The van der Waals surface area contributed by atoms with E-state index in [4.69, 9.17) is 5.73 Å². The van der Waals surface area contributed by atoms with Gasteiger partial charge in [0.1, 0.15) is 11.6 Å². The van der Waals surface area contributed by atoms with Crippen LogP contribution in [0.5, 0.6) is 0 Å². The van der Waals surface area contributed by atoms with E-state index < -0.39 is 11.6 Å². The Labute approximate surface area is 113 Å². The molecule has 2 aromatic rings. The molecule has 5 heteroatoms. The summed E-state index contributed by atoms with van der Waals surface area (Å²) in [6.07, 6.45) is 0. The lowest BCUT2D eigenvalue weighted by Crippen LogP contribution is -2.09. The fourth-order valence-corrected chi connectivity index (χ4v) is 3.89. The third-order valence-electron chi connectivity index (χ3n) is 2.57. The molecule has 18 heavy (non-hydrogen) atoms. The zero-order valence-corrected chi connectivity index (χ0v) is 11.5. The number of thiophene rings is 1. The molecular formula is C13H13F2NS2. The van der Waals surface area contributed by atoms with Crippen LogP contribution >= 0.6 is 23.1 Å². The van der Waals surface area contributed by atoms with Crippen molar-refractivity contribution in [3.05, 3.63) is 51.7 Å². The maximum atomic E-state index is 13.6. The van der Waals surface area contributed by atoms with Gasteiger partial charge < -0.3 is 5.73 Å². The van der Waals surface area contributed by atoms with Crippen LogP contribution in [0.2, 0.25) is 0 Å². The van der Waals surface area contributed by atoms with E-state index in [-0.39, 0.29) is 5.25 Å². The topological polar surface area (TPSA) is 26.0 Å². The molecular weight excluding hydrogens is 272 g/mol. The molecule has 1 unspecified atom stereocenters. The molecule has 0 fully saturated rings. The Morgan fingerprint density at radius 1 is 1.33 bits per heavy atom. The van der Waals surface area contributed by atoms with Crippen molar-refractivity contribution in [2.75, 3.05) is 6.54 Å². The number of thioether (sulfide) groups is 1. The molecule has 2 rings (SSSR count). The molecule has 1 atom stereocenters. The van der Waals surface area contributed by atoms with E-state index in [0.29, 0.717) is 11.4 Å². The van der Waals surface area contributed by atoms with Crippen molar-refractivity contribution < 1.29 is 8.78 Å². The van der Waals surface area contributed by atoms with E-state index in [1.807, 2.05) is 18.4 Å². The molecule has 1 nitrogen and oxygen atoms in total. The Kier molecular flexibility index (Phi) is 4.37. The van der Waals surface area contributed by atoms with Crippen molar-refractivity contribution >= 4 is 23.1 Å². The lowest BCUT2D eigenvalue weighted by Gasteiger charge is -2.14. The number of aryl methyl sites for hydroxylation is 1. The number of halogens is 2. The van der Waals surface area contributed by atoms with Crippen LogP contribution < -0.4 is 5.73 Å². The van der Waals surface area contributed by atoms with Gasteiger partial charge in [-0.3, -0.25) is 0 Å². The van der Waals surface area contributed by atoms with Crippen LogP contribution in [0.3, 0.4) is 0 Å². The van der Waals surface area contributed by atoms with Crippen LogP contribution in [0.15, 0.2) is 34.5 Å². The summed E-state index contributed by atoms with van der Waals surface area (Å²) in [7, 11) is 0. The first-order valence-corrected chi connectivity index (χ1v) is 7.23. The molecule has 0 saturated carbocycles. The smallest absolute Gasteiger partial charge is 0.139 e. The number of nitrogens with two attached hydrogens (primary N) is 1. The number of rotatable bonds is 4. The first kappa shape index (κ1) is 13.5. The minimum Gasteiger partial charge on any atom is -0.329 e. The second-order valence-electron chi connectivity index (χ2n) is 3.88. The number of hydrogen-bond acceptors (Lipinski definition) is 3. The largest absolute Gasteiger partial charge is 0.329 e. The lowest BCUT2D eigenvalue weighted by atomic mass is 10.2. The van der Waals surface area contributed by atoms with Gasteiger partial charge in [-0.25, -0.2) is 8.78 Å². The van der Waals surface area contributed by atoms with Crippen LogP contribution in [0.4, 0.5) is 8.78 Å². The second-order valence-corrected chi connectivity index (χ2v) is 6.08. The summed E-state index contributed by atoms with van der Waals surface area (Å²) in [5.41, 5.74) is 6.91. The second kappa shape index (κ2) is 5.82. The highest BCUT2D eigenvalue weighted by molar-refractivity contribution is 7.99. The summed E-state index contributed by atoms with van der Waals surface area (Å²) in [4.78, 5) is 1.57. The van der Waals surface area contributed by atoms with Gasteiger partial charge in [-0.2, -0.15) is 0 Å². The van der Waals surface area contributed by atoms with Gasteiger partial charge in [-0.15, -0.1) is 23.1 Å². The molecule has 0 saturated heterocycles. The monoisotopic (exact) mass is 285 g/mol. The summed E-state index contributed by atoms with van der Waals surface area (Å²) in [5, 5.41) is 2.00. The summed E-state index contributed by atoms with van der Waals surface area (Å²) < 4.78 is 26.4. The zero-order chi connectivity index (χ0) is 13.1. The van der Waals surface area contributed by atoms with Crippen molar-refractivity contribution in [3.8, 4) is 0 Å². The van der Waals surface area contributed by atoms with Gasteiger partial charge in [-0.05, 0) is 36.1 Å². The average Bonchev–Trinajstić information content (AvgIpc) is 2.75. The molecule has 1 heterocycles. The van der Waals surface area contributed by atoms with Crippen molar-refractivity contribution in [2.45, 2.75) is 17.1 Å². The highest BCUT2D eigenvalue weighted by Gasteiger charge is 2.17. The third kappa shape index (κ3) is 2.91. The maximum Gasteiger partial charge on any atom is 0.139 e. The van der Waals surface area contributed by atoms with E-state index >= 15 is 0 Å². The average molecular weight is 285 g/mol. The maximum absolute atomic E-state index is 13.6. The normalized spacial score (nSPS) is 12.7. The fourth-order valence-electron chi connectivity index (χ4n) is 1.65. The molecule has 0 aliphatic carbocycles.